The molecule has 0 saturated heterocycles. The van der Waals surface area contributed by atoms with Crippen molar-refractivity contribution >= 4 is 21.8 Å². The third kappa shape index (κ3) is 3.42. The Morgan fingerprint density at radius 3 is 3.06 bits per heavy atom. The third-order valence-corrected chi connectivity index (χ3v) is 2.78. The van der Waals surface area contributed by atoms with Crippen molar-refractivity contribution in [1.29, 1.82) is 0 Å². The summed E-state index contributed by atoms with van der Waals surface area (Å²) in [5, 5.41) is 2.84. The molecule has 1 aromatic heterocycles. The molecule has 0 atom stereocenters. The third-order valence-electron chi connectivity index (χ3n) is 2.29. The molecule has 17 heavy (non-hydrogen) atoms. The molecule has 0 aliphatic heterocycles. The SMILES string of the molecule is O=C(NCCc1ncc[nH]1)c1cccc(Br)c1. The Morgan fingerprint density at radius 1 is 1.47 bits per heavy atom. The van der Waals surface area contributed by atoms with Crippen LogP contribution in [0.5, 0.6) is 0 Å². The van der Waals surface area contributed by atoms with E-state index in [1.165, 1.54) is 0 Å². The van der Waals surface area contributed by atoms with Gasteiger partial charge in [-0.1, -0.05) is 22.0 Å². The lowest BCUT2D eigenvalue weighted by atomic mass is 10.2. The zero-order valence-electron chi connectivity index (χ0n) is 9.11. The topological polar surface area (TPSA) is 57.8 Å². The highest BCUT2D eigenvalue weighted by Gasteiger charge is 2.05. The zero-order valence-corrected chi connectivity index (χ0v) is 10.7. The van der Waals surface area contributed by atoms with Gasteiger partial charge in [0, 0.05) is 35.4 Å². The minimum atomic E-state index is -0.0714. The molecule has 1 heterocycles. The summed E-state index contributed by atoms with van der Waals surface area (Å²) in [6, 6.07) is 7.31. The number of hydrogen-bond donors (Lipinski definition) is 2. The summed E-state index contributed by atoms with van der Waals surface area (Å²) in [5.74, 6) is 0.803. The van der Waals surface area contributed by atoms with Crippen LogP contribution in [-0.2, 0) is 6.42 Å². The van der Waals surface area contributed by atoms with E-state index in [1.54, 1.807) is 24.5 Å². The summed E-state index contributed by atoms with van der Waals surface area (Å²) in [6.45, 7) is 0.568. The molecule has 4 nitrogen and oxygen atoms in total. The van der Waals surface area contributed by atoms with Crippen molar-refractivity contribution in [3.05, 3.63) is 52.5 Å². The first-order valence-electron chi connectivity index (χ1n) is 5.28. The van der Waals surface area contributed by atoms with E-state index in [1.807, 2.05) is 12.1 Å². The van der Waals surface area contributed by atoms with Gasteiger partial charge in [-0.15, -0.1) is 0 Å². The second-order valence-corrected chi connectivity index (χ2v) is 4.47. The summed E-state index contributed by atoms with van der Waals surface area (Å²) >= 11 is 3.34. The molecule has 0 aliphatic rings. The largest absolute Gasteiger partial charge is 0.352 e. The number of amides is 1. The van der Waals surface area contributed by atoms with Gasteiger partial charge in [0.15, 0.2) is 0 Å². The van der Waals surface area contributed by atoms with Gasteiger partial charge in [-0.05, 0) is 18.2 Å². The second kappa shape index (κ2) is 5.63. The van der Waals surface area contributed by atoms with Crippen LogP contribution >= 0.6 is 15.9 Å². The van der Waals surface area contributed by atoms with Crippen molar-refractivity contribution in [1.82, 2.24) is 15.3 Å². The van der Waals surface area contributed by atoms with Crippen molar-refractivity contribution in [3.8, 4) is 0 Å². The fraction of sp³-hybridized carbons (Fsp3) is 0.167. The fourth-order valence-corrected chi connectivity index (χ4v) is 1.86. The zero-order chi connectivity index (χ0) is 12.1. The Morgan fingerprint density at radius 2 is 2.35 bits per heavy atom. The quantitative estimate of drug-likeness (QED) is 0.907. The molecule has 0 spiro atoms. The van der Waals surface area contributed by atoms with Gasteiger partial charge >= 0.3 is 0 Å². The molecule has 0 saturated carbocycles. The van der Waals surface area contributed by atoms with Crippen molar-refractivity contribution in [3.63, 3.8) is 0 Å². The maximum atomic E-state index is 11.8. The van der Waals surface area contributed by atoms with Crippen LogP contribution in [0.2, 0.25) is 0 Å². The van der Waals surface area contributed by atoms with Gasteiger partial charge in [0.2, 0.25) is 0 Å². The van der Waals surface area contributed by atoms with E-state index in [0.29, 0.717) is 18.5 Å². The molecule has 2 aromatic rings. The molecular weight excluding hydrogens is 282 g/mol. The van der Waals surface area contributed by atoms with Gasteiger partial charge in [0.05, 0.1) is 0 Å². The Hall–Kier alpha value is -1.62. The van der Waals surface area contributed by atoms with E-state index >= 15 is 0 Å². The number of H-pyrrole nitrogens is 1. The van der Waals surface area contributed by atoms with Crippen molar-refractivity contribution in [2.24, 2.45) is 0 Å². The molecule has 88 valence electrons. The van der Waals surface area contributed by atoms with Crippen LogP contribution in [0.4, 0.5) is 0 Å². The lowest BCUT2D eigenvalue weighted by molar-refractivity contribution is 0.0954. The minimum Gasteiger partial charge on any atom is -0.352 e. The van der Waals surface area contributed by atoms with Gasteiger partial charge in [-0.3, -0.25) is 4.79 Å². The molecule has 0 unspecified atom stereocenters. The van der Waals surface area contributed by atoms with E-state index in [2.05, 4.69) is 31.2 Å². The van der Waals surface area contributed by atoms with Gasteiger partial charge in [0.1, 0.15) is 5.82 Å². The molecule has 1 amide bonds. The van der Waals surface area contributed by atoms with Crippen LogP contribution in [-0.4, -0.2) is 22.4 Å². The number of carbonyl (C=O) groups excluding carboxylic acids is 1. The summed E-state index contributed by atoms with van der Waals surface area (Å²) in [6.07, 6.45) is 4.17. The highest BCUT2D eigenvalue weighted by atomic mass is 79.9. The average molecular weight is 294 g/mol. The molecule has 2 rings (SSSR count). The predicted octanol–water partition coefficient (Wildman–Crippen LogP) is 2.14. The van der Waals surface area contributed by atoms with Crippen LogP contribution in [0, 0.1) is 0 Å². The van der Waals surface area contributed by atoms with E-state index in [-0.39, 0.29) is 5.91 Å². The summed E-state index contributed by atoms with van der Waals surface area (Å²) in [5.41, 5.74) is 0.652. The number of aromatic amines is 1. The highest BCUT2D eigenvalue weighted by Crippen LogP contribution is 2.11. The monoisotopic (exact) mass is 293 g/mol. The van der Waals surface area contributed by atoms with Gasteiger partial charge < -0.3 is 10.3 Å². The maximum absolute atomic E-state index is 11.8. The Kier molecular flexibility index (Phi) is 3.93. The van der Waals surface area contributed by atoms with Crippen molar-refractivity contribution in [2.75, 3.05) is 6.54 Å². The van der Waals surface area contributed by atoms with Crippen LogP contribution in [0.15, 0.2) is 41.1 Å². The van der Waals surface area contributed by atoms with Gasteiger partial charge in [-0.25, -0.2) is 4.98 Å². The molecule has 2 N–H and O–H groups in total. The number of hydrogen-bond acceptors (Lipinski definition) is 2. The first-order chi connectivity index (χ1) is 8.25. The Balaban J connectivity index is 1.85. The number of carbonyl (C=O) groups is 1. The summed E-state index contributed by atoms with van der Waals surface area (Å²) in [4.78, 5) is 18.8. The van der Waals surface area contributed by atoms with E-state index < -0.39 is 0 Å². The number of rotatable bonds is 4. The first kappa shape index (κ1) is 11.9. The number of nitrogens with one attached hydrogen (secondary N) is 2. The molecule has 5 heteroatoms. The lowest BCUT2D eigenvalue weighted by Gasteiger charge is -2.04. The van der Waals surface area contributed by atoms with Gasteiger partial charge in [-0.2, -0.15) is 0 Å². The number of benzene rings is 1. The second-order valence-electron chi connectivity index (χ2n) is 3.55. The summed E-state index contributed by atoms with van der Waals surface area (Å²) in [7, 11) is 0. The van der Waals surface area contributed by atoms with E-state index in [9.17, 15) is 4.79 Å². The first-order valence-corrected chi connectivity index (χ1v) is 6.07. The number of aromatic nitrogens is 2. The van der Waals surface area contributed by atoms with Crippen LogP contribution in [0.25, 0.3) is 0 Å². The van der Waals surface area contributed by atoms with E-state index in [4.69, 9.17) is 0 Å². The smallest absolute Gasteiger partial charge is 0.251 e. The Labute approximate surface area is 108 Å². The Bertz CT molecular complexity index is 496. The molecular formula is C12H12BrN3O. The number of imidazole rings is 1. The van der Waals surface area contributed by atoms with Crippen LogP contribution < -0.4 is 5.32 Å². The highest BCUT2D eigenvalue weighted by molar-refractivity contribution is 9.10. The standard InChI is InChI=1S/C12H12BrN3O/c13-10-3-1-2-9(8-10)12(17)16-5-4-11-14-6-7-15-11/h1-3,6-8H,4-5H2,(H,14,15)(H,16,17). The molecule has 0 aliphatic carbocycles. The van der Waals surface area contributed by atoms with Gasteiger partial charge in [0.25, 0.3) is 5.91 Å². The molecule has 0 fully saturated rings. The molecule has 1 aromatic carbocycles. The minimum absolute atomic E-state index is 0.0714. The van der Waals surface area contributed by atoms with Crippen molar-refractivity contribution in [2.45, 2.75) is 6.42 Å². The molecule has 0 bridgehead atoms. The van der Waals surface area contributed by atoms with E-state index in [0.717, 1.165) is 10.3 Å². The van der Waals surface area contributed by atoms with Crippen LogP contribution in [0.3, 0.4) is 0 Å². The number of nitrogens with zero attached hydrogens (tertiary/aromatic N) is 1. The predicted molar refractivity (Wildman–Crippen MR) is 68.8 cm³/mol. The lowest BCUT2D eigenvalue weighted by Crippen LogP contribution is -2.25. The normalized spacial score (nSPS) is 10.2. The maximum Gasteiger partial charge on any atom is 0.251 e. The fourth-order valence-electron chi connectivity index (χ4n) is 1.46. The summed E-state index contributed by atoms with van der Waals surface area (Å²) < 4.78 is 0.899. The molecule has 0 radical (unpaired) electrons. The van der Waals surface area contributed by atoms with Crippen molar-refractivity contribution < 1.29 is 4.79 Å². The average Bonchev–Trinajstić information content (AvgIpc) is 2.82. The number of halogens is 1. The van der Waals surface area contributed by atoms with Crippen LogP contribution in [0.1, 0.15) is 16.2 Å².